The third-order valence-electron chi connectivity index (χ3n) is 4.75. The minimum atomic E-state index is -0.823. The first-order valence-electron chi connectivity index (χ1n) is 9.27. The average molecular weight is 378 g/mol. The van der Waals surface area contributed by atoms with Gasteiger partial charge in [0.05, 0.1) is 12.3 Å². The van der Waals surface area contributed by atoms with Gasteiger partial charge in [0.2, 0.25) is 5.88 Å². The van der Waals surface area contributed by atoms with Crippen LogP contribution in [0.5, 0.6) is 5.88 Å². The van der Waals surface area contributed by atoms with Gasteiger partial charge in [0, 0.05) is 36.6 Å². The topological polar surface area (TPSA) is 81.1 Å². The molecule has 4 rings (SSSR count). The van der Waals surface area contributed by atoms with E-state index in [9.17, 15) is 4.79 Å². The number of nitrogens with zero attached hydrogens (tertiary/aromatic N) is 4. The highest BCUT2D eigenvalue weighted by atomic mass is 16.5. The molecule has 144 valence electrons. The van der Waals surface area contributed by atoms with Gasteiger partial charge in [-0.15, -0.1) is 0 Å². The number of aromatic nitrogens is 4. The van der Waals surface area contributed by atoms with Crippen molar-refractivity contribution in [2.45, 2.75) is 33.1 Å². The van der Waals surface area contributed by atoms with E-state index in [0.29, 0.717) is 25.3 Å². The molecule has 0 atom stereocenters. The van der Waals surface area contributed by atoms with Crippen molar-refractivity contribution in [3.05, 3.63) is 65.4 Å². The van der Waals surface area contributed by atoms with Crippen molar-refractivity contribution < 1.29 is 14.6 Å². The molecule has 0 aliphatic rings. The summed E-state index contributed by atoms with van der Waals surface area (Å²) in [7, 11) is 0. The van der Waals surface area contributed by atoms with E-state index < -0.39 is 5.97 Å². The maximum atomic E-state index is 10.7. The number of aryl methyl sites for hydroxylation is 2. The highest BCUT2D eigenvalue weighted by Gasteiger charge is 2.17. The van der Waals surface area contributed by atoms with E-state index >= 15 is 0 Å². The Morgan fingerprint density at radius 1 is 1.18 bits per heavy atom. The maximum Gasteiger partial charge on any atom is 0.303 e. The molecule has 7 heteroatoms. The van der Waals surface area contributed by atoms with E-state index in [0.717, 1.165) is 33.9 Å². The van der Waals surface area contributed by atoms with Crippen LogP contribution in [0.4, 0.5) is 0 Å². The predicted molar refractivity (Wildman–Crippen MR) is 105 cm³/mol. The van der Waals surface area contributed by atoms with Crippen LogP contribution in [0.2, 0.25) is 0 Å². The monoisotopic (exact) mass is 378 g/mol. The average Bonchev–Trinajstić information content (AvgIpc) is 3.22. The molecule has 4 aromatic heterocycles. The fourth-order valence-electron chi connectivity index (χ4n) is 3.42. The maximum absolute atomic E-state index is 10.7. The van der Waals surface area contributed by atoms with Gasteiger partial charge in [-0.2, -0.15) is 4.98 Å². The van der Waals surface area contributed by atoms with Crippen molar-refractivity contribution in [2.24, 2.45) is 0 Å². The Kier molecular flexibility index (Phi) is 4.73. The van der Waals surface area contributed by atoms with E-state index in [4.69, 9.17) is 9.84 Å². The molecule has 28 heavy (non-hydrogen) atoms. The molecule has 0 saturated carbocycles. The molecule has 0 spiro atoms. The van der Waals surface area contributed by atoms with Crippen LogP contribution in [0.3, 0.4) is 0 Å². The molecule has 4 heterocycles. The van der Waals surface area contributed by atoms with E-state index in [1.807, 2.05) is 48.0 Å². The summed E-state index contributed by atoms with van der Waals surface area (Å²) in [5.41, 5.74) is 5.92. The standard InChI is InChI=1S/C21H22N4O3/c1-14-8-9-19-23-21(28-10-4-7-20(26)27)17(24(19)13-14)11-16-12-22-18-6-3-5-15(2)25(16)18/h3,5-6,8-9,12-13H,4,7,10-11H2,1-2H3,(H,26,27). The van der Waals surface area contributed by atoms with Crippen molar-refractivity contribution in [3.8, 4) is 5.88 Å². The number of fused-ring (bicyclic) bond motifs is 2. The van der Waals surface area contributed by atoms with Crippen LogP contribution in [-0.4, -0.2) is 36.5 Å². The Morgan fingerprint density at radius 2 is 2.04 bits per heavy atom. The minimum absolute atomic E-state index is 0.0776. The molecule has 0 fully saturated rings. The number of imidazole rings is 2. The van der Waals surface area contributed by atoms with Crippen molar-refractivity contribution in [1.29, 1.82) is 0 Å². The molecule has 0 radical (unpaired) electrons. The van der Waals surface area contributed by atoms with Crippen molar-refractivity contribution >= 4 is 17.3 Å². The largest absolute Gasteiger partial charge is 0.481 e. The molecule has 0 aliphatic heterocycles. The van der Waals surface area contributed by atoms with Gasteiger partial charge in [-0.05, 0) is 44.0 Å². The number of hydrogen-bond acceptors (Lipinski definition) is 4. The molecule has 0 aromatic carbocycles. The van der Waals surface area contributed by atoms with Crippen LogP contribution in [0, 0.1) is 13.8 Å². The second-order valence-electron chi connectivity index (χ2n) is 6.93. The summed E-state index contributed by atoms with van der Waals surface area (Å²) in [5.74, 6) is -0.282. The van der Waals surface area contributed by atoms with Crippen LogP contribution in [0.25, 0.3) is 11.3 Å². The van der Waals surface area contributed by atoms with Gasteiger partial charge in [0.15, 0.2) is 0 Å². The Balaban J connectivity index is 1.72. The lowest BCUT2D eigenvalue weighted by Gasteiger charge is -2.09. The minimum Gasteiger partial charge on any atom is -0.481 e. The second-order valence-corrected chi connectivity index (χ2v) is 6.93. The molecule has 0 aliphatic carbocycles. The summed E-state index contributed by atoms with van der Waals surface area (Å²) in [6.45, 7) is 4.41. The fourth-order valence-corrected chi connectivity index (χ4v) is 3.42. The molecule has 0 bridgehead atoms. The molecular formula is C21H22N4O3. The molecule has 0 saturated heterocycles. The van der Waals surface area contributed by atoms with Gasteiger partial charge in [-0.25, -0.2) is 4.98 Å². The summed E-state index contributed by atoms with van der Waals surface area (Å²) in [5, 5.41) is 8.82. The van der Waals surface area contributed by atoms with Gasteiger partial charge < -0.3 is 14.2 Å². The highest BCUT2D eigenvalue weighted by Crippen LogP contribution is 2.25. The number of pyridine rings is 2. The highest BCUT2D eigenvalue weighted by molar-refractivity contribution is 5.66. The number of hydrogen-bond donors (Lipinski definition) is 1. The number of carboxylic acid groups (broad SMARTS) is 1. The molecule has 7 nitrogen and oxygen atoms in total. The summed E-state index contributed by atoms with van der Waals surface area (Å²) >= 11 is 0. The third kappa shape index (κ3) is 3.43. The zero-order valence-electron chi connectivity index (χ0n) is 15.9. The third-order valence-corrected chi connectivity index (χ3v) is 4.75. The first-order valence-corrected chi connectivity index (χ1v) is 9.27. The normalized spacial score (nSPS) is 11.4. The Bertz CT molecular complexity index is 1160. The number of rotatable bonds is 7. The first kappa shape index (κ1) is 18.0. The lowest BCUT2D eigenvalue weighted by atomic mass is 10.2. The molecular weight excluding hydrogens is 356 g/mol. The lowest BCUT2D eigenvalue weighted by Crippen LogP contribution is -2.06. The van der Waals surface area contributed by atoms with Gasteiger partial charge in [0.25, 0.3) is 0 Å². The van der Waals surface area contributed by atoms with Crippen molar-refractivity contribution in [1.82, 2.24) is 18.8 Å². The fraction of sp³-hybridized carbons (Fsp3) is 0.286. The quantitative estimate of drug-likeness (QED) is 0.498. The van der Waals surface area contributed by atoms with E-state index in [1.54, 1.807) is 0 Å². The van der Waals surface area contributed by atoms with Gasteiger partial charge in [0.1, 0.15) is 11.3 Å². The zero-order chi connectivity index (χ0) is 19.7. The Morgan fingerprint density at radius 3 is 2.86 bits per heavy atom. The molecule has 0 amide bonds. The zero-order valence-corrected chi connectivity index (χ0v) is 15.9. The summed E-state index contributed by atoms with van der Waals surface area (Å²) in [6, 6.07) is 10.0. The van der Waals surface area contributed by atoms with Crippen LogP contribution in [0.15, 0.2) is 42.7 Å². The van der Waals surface area contributed by atoms with Gasteiger partial charge in [-0.3, -0.25) is 9.20 Å². The Labute approximate surface area is 162 Å². The summed E-state index contributed by atoms with van der Waals surface area (Å²) < 4.78 is 10.0. The molecule has 4 aromatic rings. The molecule has 1 N–H and O–H groups in total. The predicted octanol–water partition coefficient (Wildman–Crippen LogP) is 3.43. The Hall–Kier alpha value is -3.35. The van der Waals surface area contributed by atoms with Crippen molar-refractivity contribution in [2.75, 3.05) is 6.61 Å². The van der Waals surface area contributed by atoms with E-state index in [1.165, 1.54) is 0 Å². The van der Waals surface area contributed by atoms with Crippen LogP contribution in [-0.2, 0) is 11.2 Å². The van der Waals surface area contributed by atoms with Gasteiger partial charge in [-0.1, -0.05) is 12.1 Å². The van der Waals surface area contributed by atoms with E-state index in [2.05, 4.69) is 27.4 Å². The van der Waals surface area contributed by atoms with Crippen LogP contribution < -0.4 is 4.74 Å². The first-order chi connectivity index (χ1) is 13.5. The van der Waals surface area contributed by atoms with Crippen molar-refractivity contribution in [3.63, 3.8) is 0 Å². The van der Waals surface area contributed by atoms with E-state index in [-0.39, 0.29) is 6.42 Å². The molecule has 0 unspecified atom stereocenters. The number of carbonyl (C=O) groups is 1. The summed E-state index contributed by atoms with van der Waals surface area (Å²) in [6.07, 6.45) is 5.04. The second kappa shape index (κ2) is 7.34. The lowest BCUT2D eigenvalue weighted by molar-refractivity contribution is -0.137. The SMILES string of the molecule is Cc1ccc2nc(OCCCC(=O)O)c(Cc3cnc4cccc(C)n34)n2c1. The number of aliphatic carboxylic acids is 1. The van der Waals surface area contributed by atoms with Crippen LogP contribution in [0.1, 0.15) is 35.5 Å². The number of ether oxygens (including phenoxy) is 1. The smallest absolute Gasteiger partial charge is 0.303 e. The summed E-state index contributed by atoms with van der Waals surface area (Å²) in [4.78, 5) is 19.9. The number of carboxylic acids is 1. The van der Waals surface area contributed by atoms with Gasteiger partial charge >= 0.3 is 5.97 Å². The van der Waals surface area contributed by atoms with Crippen LogP contribution >= 0.6 is 0 Å².